The molecule has 1 aromatic heterocycles. The molecule has 2 rings (SSSR count). The van der Waals surface area contributed by atoms with Crippen LogP contribution in [-0.2, 0) is 6.54 Å². The highest BCUT2D eigenvalue weighted by Gasteiger charge is 2.13. The lowest BCUT2D eigenvalue weighted by Crippen LogP contribution is -2.28. The van der Waals surface area contributed by atoms with Crippen molar-refractivity contribution in [2.75, 3.05) is 18.5 Å². The van der Waals surface area contributed by atoms with Gasteiger partial charge in [-0.05, 0) is 38.9 Å². The number of para-hydroxylation sites is 1. The predicted octanol–water partition coefficient (Wildman–Crippen LogP) is 3.58. The van der Waals surface area contributed by atoms with Crippen molar-refractivity contribution in [3.05, 3.63) is 35.9 Å². The van der Waals surface area contributed by atoms with Crippen molar-refractivity contribution in [1.29, 1.82) is 0 Å². The number of anilines is 1. The number of benzene rings is 1. The number of hydrogen-bond acceptors (Lipinski definition) is 3. The standard InChI is InChI=1S/C17H25N3/c1-5-10-18-12-15-11-14-8-6-7-9-16(14)19-17(15)20(4)13(2)3/h6-9,11,13,18H,5,10,12H2,1-4H3. The molecule has 3 nitrogen and oxygen atoms in total. The van der Waals surface area contributed by atoms with Crippen molar-refractivity contribution in [3.63, 3.8) is 0 Å². The SMILES string of the molecule is CCCNCc1cc2ccccc2nc1N(C)C(C)C. The Morgan fingerprint density at radius 3 is 2.70 bits per heavy atom. The van der Waals surface area contributed by atoms with Crippen LogP contribution in [0.2, 0.25) is 0 Å². The van der Waals surface area contributed by atoms with E-state index < -0.39 is 0 Å². The summed E-state index contributed by atoms with van der Waals surface area (Å²) in [7, 11) is 2.12. The Kier molecular flexibility index (Phi) is 4.96. The first-order valence-corrected chi connectivity index (χ1v) is 7.45. The van der Waals surface area contributed by atoms with E-state index in [2.05, 4.69) is 62.3 Å². The van der Waals surface area contributed by atoms with Gasteiger partial charge in [0.25, 0.3) is 0 Å². The van der Waals surface area contributed by atoms with Crippen molar-refractivity contribution in [1.82, 2.24) is 10.3 Å². The highest BCUT2D eigenvalue weighted by atomic mass is 15.2. The van der Waals surface area contributed by atoms with Gasteiger partial charge in [0.15, 0.2) is 0 Å². The van der Waals surface area contributed by atoms with Crippen molar-refractivity contribution in [3.8, 4) is 0 Å². The molecule has 0 unspecified atom stereocenters. The molecule has 0 radical (unpaired) electrons. The van der Waals surface area contributed by atoms with Crippen LogP contribution < -0.4 is 10.2 Å². The van der Waals surface area contributed by atoms with Crippen molar-refractivity contribution >= 4 is 16.7 Å². The average molecular weight is 271 g/mol. The molecule has 0 fully saturated rings. The fourth-order valence-corrected chi connectivity index (χ4v) is 2.23. The van der Waals surface area contributed by atoms with Crippen LogP contribution in [0.15, 0.2) is 30.3 Å². The minimum atomic E-state index is 0.439. The summed E-state index contributed by atoms with van der Waals surface area (Å²) in [5, 5.41) is 4.69. The number of hydrogen-bond donors (Lipinski definition) is 1. The van der Waals surface area contributed by atoms with Gasteiger partial charge in [-0.15, -0.1) is 0 Å². The summed E-state index contributed by atoms with van der Waals surface area (Å²) in [5.41, 5.74) is 2.34. The Hall–Kier alpha value is -1.61. The first-order chi connectivity index (χ1) is 9.63. The third-order valence-corrected chi connectivity index (χ3v) is 3.63. The quantitative estimate of drug-likeness (QED) is 0.814. The number of rotatable bonds is 6. The van der Waals surface area contributed by atoms with Gasteiger partial charge in [0.1, 0.15) is 5.82 Å². The van der Waals surface area contributed by atoms with Gasteiger partial charge in [0.05, 0.1) is 5.52 Å². The van der Waals surface area contributed by atoms with E-state index in [1.54, 1.807) is 0 Å². The molecule has 108 valence electrons. The normalized spacial score (nSPS) is 11.2. The van der Waals surface area contributed by atoms with Crippen molar-refractivity contribution in [2.24, 2.45) is 0 Å². The molecule has 0 atom stereocenters. The molecule has 2 aromatic rings. The lowest BCUT2D eigenvalue weighted by molar-refractivity contribution is 0.667. The van der Waals surface area contributed by atoms with E-state index in [1.165, 1.54) is 10.9 Å². The van der Waals surface area contributed by atoms with E-state index in [9.17, 15) is 0 Å². The van der Waals surface area contributed by atoms with E-state index in [-0.39, 0.29) is 0 Å². The Balaban J connectivity index is 2.41. The van der Waals surface area contributed by atoms with Crippen LogP contribution in [0, 0.1) is 0 Å². The van der Waals surface area contributed by atoms with Crippen LogP contribution in [0.25, 0.3) is 10.9 Å². The van der Waals surface area contributed by atoms with Gasteiger partial charge in [0, 0.05) is 30.6 Å². The number of aromatic nitrogens is 1. The molecule has 3 heteroatoms. The maximum atomic E-state index is 4.86. The van der Waals surface area contributed by atoms with Crippen LogP contribution in [0.1, 0.15) is 32.8 Å². The molecule has 0 amide bonds. The molecule has 0 saturated carbocycles. The third-order valence-electron chi connectivity index (χ3n) is 3.63. The van der Waals surface area contributed by atoms with Gasteiger partial charge in [-0.1, -0.05) is 25.1 Å². The lowest BCUT2D eigenvalue weighted by Gasteiger charge is -2.25. The molecule has 0 saturated heterocycles. The van der Waals surface area contributed by atoms with E-state index >= 15 is 0 Å². The zero-order valence-corrected chi connectivity index (χ0v) is 13.0. The van der Waals surface area contributed by atoms with Gasteiger partial charge in [-0.3, -0.25) is 0 Å². The van der Waals surface area contributed by atoms with Gasteiger partial charge in [-0.2, -0.15) is 0 Å². The van der Waals surface area contributed by atoms with Crippen LogP contribution in [0.5, 0.6) is 0 Å². The highest BCUT2D eigenvalue weighted by Crippen LogP contribution is 2.24. The molecule has 20 heavy (non-hydrogen) atoms. The third kappa shape index (κ3) is 3.28. The molecule has 1 N–H and O–H groups in total. The van der Waals surface area contributed by atoms with E-state index in [0.29, 0.717) is 6.04 Å². The maximum absolute atomic E-state index is 4.86. The topological polar surface area (TPSA) is 28.2 Å². The predicted molar refractivity (Wildman–Crippen MR) is 87.3 cm³/mol. The minimum Gasteiger partial charge on any atom is -0.357 e. The summed E-state index contributed by atoms with van der Waals surface area (Å²) in [5.74, 6) is 1.09. The molecule has 1 aromatic carbocycles. The molecular formula is C17H25N3. The molecule has 1 heterocycles. The first-order valence-electron chi connectivity index (χ1n) is 7.45. The van der Waals surface area contributed by atoms with Crippen molar-refractivity contribution in [2.45, 2.75) is 39.8 Å². The van der Waals surface area contributed by atoms with Crippen LogP contribution >= 0.6 is 0 Å². The van der Waals surface area contributed by atoms with Gasteiger partial charge in [0.2, 0.25) is 0 Å². The second kappa shape index (κ2) is 6.71. The molecular weight excluding hydrogens is 246 g/mol. The Labute approximate surface area is 122 Å². The summed E-state index contributed by atoms with van der Waals surface area (Å²) in [6.45, 7) is 8.49. The summed E-state index contributed by atoms with van der Waals surface area (Å²) in [6.07, 6.45) is 1.15. The summed E-state index contributed by atoms with van der Waals surface area (Å²) >= 11 is 0. The molecule has 0 aliphatic heterocycles. The summed E-state index contributed by atoms with van der Waals surface area (Å²) in [6, 6.07) is 11.0. The van der Waals surface area contributed by atoms with Gasteiger partial charge < -0.3 is 10.2 Å². The number of nitrogens with one attached hydrogen (secondary N) is 1. The smallest absolute Gasteiger partial charge is 0.133 e. The first kappa shape index (κ1) is 14.8. The molecule has 0 bridgehead atoms. The zero-order chi connectivity index (χ0) is 14.5. The molecule has 0 aliphatic carbocycles. The average Bonchev–Trinajstić information content (AvgIpc) is 2.46. The van der Waals surface area contributed by atoms with Crippen LogP contribution in [0.4, 0.5) is 5.82 Å². The highest BCUT2D eigenvalue weighted by molar-refractivity contribution is 5.81. The lowest BCUT2D eigenvalue weighted by atomic mass is 10.1. The Morgan fingerprint density at radius 1 is 1.25 bits per heavy atom. The number of nitrogens with zero attached hydrogens (tertiary/aromatic N) is 2. The van der Waals surface area contributed by atoms with E-state index in [4.69, 9.17) is 4.98 Å². The monoisotopic (exact) mass is 271 g/mol. The zero-order valence-electron chi connectivity index (χ0n) is 13.0. The minimum absolute atomic E-state index is 0.439. The number of pyridine rings is 1. The second-order valence-electron chi connectivity index (χ2n) is 5.55. The fourth-order valence-electron chi connectivity index (χ4n) is 2.23. The van der Waals surface area contributed by atoms with Crippen molar-refractivity contribution < 1.29 is 0 Å². The van der Waals surface area contributed by atoms with E-state index in [0.717, 1.165) is 30.8 Å². The van der Waals surface area contributed by atoms with Gasteiger partial charge in [-0.25, -0.2) is 4.98 Å². The van der Waals surface area contributed by atoms with Crippen LogP contribution in [-0.4, -0.2) is 24.6 Å². The molecule has 0 aliphatic rings. The Bertz CT molecular complexity index is 563. The Morgan fingerprint density at radius 2 is 2.00 bits per heavy atom. The fraction of sp³-hybridized carbons (Fsp3) is 0.471. The van der Waals surface area contributed by atoms with Crippen LogP contribution in [0.3, 0.4) is 0 Å². The summed E-state index contributed by atoms with van der Waals surface area (Å²) in [4.78, 5) is 7.11. The molecule has 0 spiro atoms. The van der Waals surface area contributed by atoms with E-state index in [1.807, 2.05) is 6.07 Å². The number of fused-ring (bicyclic) bond motifs is 1. The second-order valence-corrected chi connectivity index (χ2v) is 5.55. The summed E-state index contributed by atoms with van der Waals surface area (Å²) < 4.78 is 0. The van der Waals surface area contributed by atoms with Gasteiger partial charge >= 0.3 is 0 Å². The largest absolute Gasteiger partial charge is 0.357 e. The maximum Gasteiger partial charge on any atom is 0.133 e.